The van der Waals surface area contributed by atoms with Crippen LogP contribution in [0.15, 0.2) is 23.8 Å². The van der Waals surface area contributed by atoms with E-state index in [1.54, 1.807) is 0 Å². The van der Waals surface area contributed by atoms with Gasteiger partial charge in [-0.1, -0.05) is 58.1 Å². The molecule has 0 fully saturated rings. The molecule has 0 spiro atoms. The Kier molecular flexibility index (Phi) is 7.25. The highest BCUT2D eigenvalue weighted by atomic mass is 16.3. The number of allylic oxidation sites excluding steroid dienone is 2. The van der Waals surface area contributed by atoms with Gasteiger partial charge in [-0.05, 0) is 69.1 Å². The summed E-state index contributed by atoms with van der Waals surface area (Å²) < 4.78 is 0. The molecule has 0 saturated carbocycles. The number of aromatic hydroxyl groups is 2. The van der Waals surface area contributed by atoms with Crippen LogP contribution in [0.25, 0.3) is 0 Å². The Hall–Kier alpha value is -1.48. The maximum Gasteiger partial charge on any atom is 0.123 e. The molecule has 0 bridgehead atoms. The fraction of sp³-hybridized carbons (Fsp3) is 0.680. The molecule has 0 radical (unpaired) electrons. The molecule has 1 aromatic rings. The fourth-order valence-corrected chi connectivity index (χ4v) is 4.64. The largest absolute Gasteiger partial charge is 0.507 e. The lowest BCUT2D eigenvalue weighted by Crippen LogP contribution is -2.36. The highest BCUT2D eigenvalue weighted by molar-refractivity contribution is 5.52. The van der Waals surface area contributed by atoms with Crippen LogP contribution in [-0.4, -0.2) is 20.9 Å². The molecule has 2 rings (SSSR count). The molecule has 1 aliphatic carbocycles. The maximum absolute atomic E-state index is 10.9. The molecular formula is C25H40O3. The minimum absolute atomic E-state index is 0.0408. The van der Waals surface area contributed by atoms with Gasteiger partial charge in [0.2, 0.25) is 0 Å². The molecule has 0 saturated heterocycles. The third kappa shape index (κ3) is 5.31. The van der Waals surface area contributed by atoms with Crippen LogP contribution in [0.3, 0.4) is 0 Å². The topological polar surface area (TPSA) is 60.7 Å². The summed E-state index contributed by atoms with van der Waals surface area (Å²) in [6, 6.07) is 3.65. The highest BCUT2D eigenvalue weighted by Gasteiger charge is 2.38. The van der Waals surface area contributed by atoms with Crippen molar-refractivity contribution in [1.29, 1.82) is 0 Å². The van der Waals surface area contributed by atoms with Crippen LogP contribution in [0, 0.1) is 5.92 Å². The third-order valence-corrected chi connectivity index (χ3v) is 6.56. The van der Waals surface area contributed by atoms with E-state index in [0.29, 0.717) is 5.56 Å². The van der Waals surface area contributed by atoms with Crippen molar-refractivity contribution in [2.24, 2.45) is 5.92 Å². The van der Waals surface area contributed by atoms with Gasteiger partial charge in [0, 0.05) is 11.5 Å². The number of phenols is 2. The molecule has 3 nitrogen and oxygen atoms in total. The van der Waals surface area contributed by atoms with Crippen LogP contribution in [0.4, 0.5) is 0 Å². The van der Waals surface area contributed by atoms with Crippen LogP contribution in [-0.2, 0) is 5.41 Å². The molecule has 1 aromatic carbocycles. The molecule has 0 aromatic heterocycles. The van der Waals surface area contributed by atoms with E-state index in [-0.39, 0.29) is 28.7 Å². The van der Waals surface area contributed by atoms with Gasteiger partial charge in [-0.3, -0.25) is 0 Å². The summed E-state index contributed by atoms with van der Waals surface area (Å²) in [5.74, 6) is 0.0556. The van der Waals surface area contributed by atoms with Crippen molar-refractivity contribution in [2.45, 2.75) is 103 Å². The summed E-state index contributed by atoms with van der Waals surface area (Å²) in [5.41, 5.74) is 1.79. The zero-order chi connectivity index (χ0) is 21.1. The molecule has 0 heterocycles. The van der Waals surface area contributed by atoms with Gasteiger partial charge < -0.3 is 15.3 Å². The first-order chi connectivity index (χ1) is 13.0. The lowest BCUT2D eigenvalue weighted by molar-refractivity contribution is 0.00420. The number of phenolic OH excluding ortho intramolecular Hbond substituents is 2. The SMILES string of the molecule is CCCCCCC(C)(C)c1cc(O)c([C@@H]2C=C(C)CC[C@H]2C(C)(C)O)c(O)c1. The standard InChI is InChI=1S/C25H40O3/c1-7-8-9-10-13-24(3,4)18-15-21(26)23(22(27)16-18)19-14-17(2)11-12-20(19)25(5,6)28/h14-16,19-20,26-28H,7-13H2,1-6H3/t19-,20-/m1/s1. The molecule has 1 aliphatic rings. The molecule has 0 amide bonds. The summed E-state index contributed by atoms with van der Waals surface area (Å²) in [6.07, 6.45) is 9.75. The van der Waals surface area contributed by atoms with E-state index in [1.807, 2.05) is 26.0 Å². The monoisotopic (exact) mass is 388 g/mol. The van der Waals surface area contributed by atoms with Gasteiger partial charge >= 0.3 is 0 Å². The minimum Gasteiger partial charge on any atom is -0.507 e. The Morgan fingerprint density at radius 2 is 1.61 bits per heavy atom. The van der Waals surface area contributed by atoms with E-state index in [2.05, 4.69) is 33.8 Å². The molecule has 28 heavy (non-hydrogen) atoms. The lowest BCUT2D eigenvalue weighted by Gasteiger charge is -2.38. The van der Waals surface area contributed by atoms with Crippen molar-refractivity contribution < 1.29 is 15.3 Å². The molecule has 3 heteroatoms. The van der Waals surface area contributed by atoms with Crippen molar-refractivity contribution in [2.75, 3.05) is 0 Å². The van der Waals surface area contributed by atoms with Gasteiger partial charge in [0.15, 0.2) is 0 Å². The van der Waals surface area contributed by atoms with Crippen molar-refractivity contribution in [3.8, 4) is 11.5 Å². The summed E-state index contributed by atoms with van der Waals surface area (Å²) in [7, 11) is 0. The second-order valence-corrected chi connectivity index (χ2v) is 9.96. The average molecular weight is 389 g/mol. The van der Waals surface area contributed by atoms with E-state index in [9.17, 15) is 15.3 Å². The number of hydrogen-bond acceptors (Lipinski definition) is 3. The Labute approximate surface area is 171 Å². The van der Waals surface area contributed by atoms with Crippen molar-refractivity contribution >= 4 is 0 Å². The van der Waals surface area contributed by atoms with Gasteiger partial charge in [0.25, 0.3) is 0 Å². The zero-order valence-electron chi connectivity index (χ0n) is 18.7. The van der Waals surface area contributed by atoms with E-state index < -0.39 is 5.60 Å². The quantitative estimate of drug-likeness (QED) is 0.349. The Balaban J connectivity index is 2.36. The van der Waals surface area contributed by atoms with E-state index in [4.69, 9.17) is 0 Å². The number of aliphatic hydroxyl groups is 1. The molecule has 2 atom stereocenters. The van der Waals surface area contributed by atoms with Gasteiger partial charge in [-0.15, -0.1) is 0 Å². The first-order valence-corrected chi connectivity index (χ1v) is 10.9. The number of hydrogen-bond donors (Lipinski definition) is 3. The maximum atomic E-state index is 10.9. The van der Waals surface area contributed by atoms with Gasteiger partial charge in [-0.2, -0.15) is 0 Å². The molecule has 0 aliphatic heterocycles. The predicted molar refractivity (Wildman–Crippen MR) is 117 cm³/mol. The van der Waals surface area contributed by atoms with Crippen molar-refractivity contribution in [3.63, 3.8) is 0 Å². The lowest BCUT2D eigenvalue weighted by atomic mass is 9.69. The summed E-state index contributed by atoms with van der Waals surface area (Å²) in [6.45, 7) is 12.3. The van der Waals surface area contributed by atoms with Crippen LogP contribution >= 0.6 is 0 Å². The van der Waals surface area contributed by atoms with Crippen molar-refractivity contribution in [1.82, 2.24) is 0 Å². The Morgan fingerprint density at radius 1 is 1.00 bits per heavy atom. The molecule has 3 N–H and O–H groups in total. The van der Waals surface area contributed by atoms with Crippen LogP contribution in [0.1, 0.15) is 104 Å². The molecule has 0 unspecified atom stereocenters. The minimum atomic E-state index is -0.877. The van der Waals surface area contributed by atoms with Gasteiger partial charge in [-0.25, -0.2) is 0 Å². The predicted octanol–water partition coefficient (Wildman–Crippen LogP) is 6.56. The summed E-state index contributed by atoms with van der Waals surface area (Å²) in [4.78, 5) is 0. The summed E-state index contributed by atoms with van der Waals surface area (Å²) in [5, 5.41) is 32.5. The van der Waals surface area contributed by atoms with Crippen LogP contribution in [0.2, 0.25) is 0 Å². The molecule has 158 valence electrons. The van der Waals surface area contributed by atoms with Crippen LogP contribution in [0.5, 0.6) is 11.5 Å². The van der Waals surface area contributed by atoms with E-state index >= 15 is 0 Å². The van der Waals surface area contributed by atoms with E-state index in [1.165, 1.54) is 24.8 Å². The first-order valence-electron chi connectivity index (χ1n) is 10.9. The number of unbranched alkanes of at least 4 members (excludes halogenated alkanes) is 3. The van der Waals surface area contributed by atoms with Crippen LogP contribution < -0.4 is 0 Å². The average Bonchev–Trinajstić information content (AvgIpc) is 2.57. The number of benzene rings is 1. The normalized spacial score (nSPS) is 20.9. The third-order valence-electron chi connectivity index (χ3n) is 6.56. The first kappa shape index (κ1) is 22.8. The number of rotatable bonds is 8. The molecular weight excluding hydrogens is 348 g/mol. The fourth-order valence-electron chi connectivity index (χ4n) is 4.64. The smallest absolute Gasteiger partial charge is 0.123 e. The Morgan fingerprint density at radius 3 is 2.14 bits per heavy atom. The van der Waals surface area contributed by atoms with Gasteiger partial charge in [0.05, 0.1) is 5.60 Å². The Bertz CT molecular complexity index is 671. The second kappa shape index (κ2) is 8.90. The highest BCUT2D eigenvalue weighted by Crippen LogP contribution is 2.49. The summed E-state index contributed by atoms with van der Waals surface area (Å²) >= 11 is 0. The van der Waals surface area contributed by atoms with Gasteiger partial charge in [0.1, 0.15) is 11.5 Å². The zero-order valence-corrected chi connectivity index (χ0v) is 18.7. The second-order valence-electron chi connectivity index (χ2n) is 9.96. The van der Waals surface area contributed by atoms with E-state index in [0.717, 1.165) is 31.2 Å². The van der Waals surface area contributed by atoms with Crippen molar-refractivity contribution in [3.05, 3.63) is 34.9 Å².